The first-order chi connectivity index (χ1) is 8.58. The van der Waals surface area contributed by atoms with E-state index < -0.39 is 0 Å². The minimum absolute atomic E-state index is 0.0416. The van der Waals surface area contributed by atoms with Gasteiger partial charge in [-0.15, -0.1) is 0 Å². The van der Waals surface area contributed by atoms with Gasteiger partial charge in [0.05, 0.1) is 12.5 Å². The van der Waals surface area contributed by atoms with Crippen molar-refractivity contribution in [2.45, 2.75) is 32.2 Å². The maximum absolute atomic E-state index is 12.1. The van der Waals surface area contributed by atoms with Crippen molar-refractivity contribution in [2.24, 2.45) is 5.92 Å². The molecule has 1 atom stereocenters. The predicted molar refractivity (Wildman–Crippen MR) is 69.0 cm³/mol. The van der Waals surface area contributed by atoms with Crippen LogP contribution >= 0.6 is 0 Å². The van der Waals surface area contributed by atoms with Crippen molar-refractivity contribution < 1.29 is 9.59 Å². The summed E-state index contributed by atoms with van der Waals surface area (Å²) >= 11 is 0. The van der Waals surface area contributed by atoms with Crippen molar-refractivity contribution in [3.05, 3.63) is 0 Å². The monoisotopic (exact) mass is 253 g/mol. The van der Waals surface area contributed by atoms with Crippen LogP contribution < -0.4 is 5.32 Å². The largest absolute Gasteiger partial charge is 0.343 e. The molecule has 2 aliphatic heterocycles. The van der Waals surface area contributed by atoms with Gasteiger partial charge in [0, 0.05) is 33.2 Å². The van der Waals surface area contributed by atoms with E-state index in [0.29, 0.717) is 6.42 Å². The topological polar surface area (TPSA) is 52.7 Å². The molecule has 0 aromatic rings. The Labute approximate surface area is 108 Å². The summed E-state index contributed by atoms with van der Waals surface area (Å²) in [6, 6.07) is -0.324. The lowest BCUT2D eigenvalue weighted by molar-refractivity contribution is -0.140. The molecular formula is C13H23N3O2. The molecule has 2 fully saturated rings. The van der Waals surface area contributed by atoms with E-state index >= 15 is 0 Å². The number of hydrogen-bond donors (Lipinski definition) is 1. The van der Waals surface area contributed by atoms with Gasteiger partial charge in [0.25, 0.3) is 0 Å². The number of amides is 2. The van der Waals surface area contributed by atoms with E-state index in [1.807, 2.05) is 4.90 Å². The van der Waals surface area contributed by atoms with Crippen molar-refractivity contribution in [3.63, 3.8) is 0 Å². The van der Waals surface area contributed by atoms with E-state index in [1.165, 1.54) is 0 Å². The fourth-order valence-corrected chi connectivity index (χ4v) is 2.59. The number of likely N-dealkylation sites (tertiary alicyclic amines) is 1. The molecule has 2 saturated heterocycles. The molecule has 18 heavy (non-hydrogen) atoms. The molecular weight excluding hydrogens is 230 g/mol. The lowest BCUT2D eigenvalue weighted by atomic mass is 9.98. The molecule has 0 aromatic carbocycles. The van der Waals surface area contributed by atoms with E-state index in [-0.39, 0.29) is 17.9 Å². The van der Waals surface area contributed by atoms with E-state index in [2.05, 4.69) is 12.2 Å². The number of carbonyl (C=O) groups excluding carboxylic acids is 2. The van der Waals surface area contributed by atoms with Crippen LogP contribution in [0, 0.1) is 5.92 Å². The number of nitrogens with zero attached hydrogens (tertiary/aromatic N) is 2. The van der Waals surface area contributed by atoms with Gasteiger partial charge in [-0.1, -0.05) is 6.92 Å². The van der Waals surface area contributed by atoms with Gasteiger partial charge in [-0.3, -0.25) is 9.59 Å². The van der Waals surface area contributed by atoms with Crippen LogP contribution in [0.2, 0.25) is 0 Å². The second-order valence-corrected chi connectivity index (χ2v) is 5.53. The number of likely N-dealkylation sites (N-methyl/N-ethyl adjacent to an activating group) is 1. The van der Waals surface area contributed by atoms with E-state index in [0.717, 1.165) is 44.9 Å². The third-order valence-corrected chi connectivity index (χ3v) is 4.03. The fraction of sp³-hybridized carbons (Fsp3) is 0.846. The maximum atomic E-state index is 12.1. The van der Waals surface area contributed by atoms with Gasteiger partial charge in [-0.2, -0.15) is 0 Å². The lowest BCUT2D eigenvalue weighted by Crippen LogP contribution is -2.55. The summed E-state index contributed by atoms with van der Waals surface area (Å²) in [7, 11) is 1.79. The molecule has 0 aliphatic carbocycles. The number of piperazine rings is 1. The normalized spacial score (nSPS) is 26.6. The van der Waals surface area contributed by atoms with E-state index in [9.17, 15) is 9.59 Å². The van der Waals surface area contributed by atoms with Crippen LogP contribution in [0.25, 0.3) is 0 Å². The van der Waals surface area contributed by atoms with Gasteiger partial charge in [0.15, 0.2) is 0 Å². The van der Waals surface area contributed by atoms with Crippen LogP contribution in [0.5, 0.6) is 0 Å². The summed E-state index contributed by atoms with van der Waals surface area (Å²) in [5, 5.41) is 3.14. The van der Waals surface area contributed by atoms with Gasteiger partial charge in [0.2, 0.25) is 11.8 Å². The lowest BCUT2D eigenvalue weighted by Gasteiger charge is -2.34. The van der Waals surface area contributed by atoms with Gasteiger partial charge < -0.3 is 15.1 Å². The van der Waals surface area contributed by atoms with Crippen molar-refractivity contribution in [2.75, 3.05) is 33.2 Å². The number of piperidine rings is 1. The highest BCUT2D eigenvalue weighted by molar-refractivity contribution is 5.88. The van der Waals surface area contributed by atoms with Gasteiger partial charge in [0.1, 0.15) is 0 Å². The Morgan fingerprint density at radius 2 is 2.00 bits per heavy atom. The molecule has 2 amide bonds. The second-order valence-electron chi connectivity index (χ2n) is 5.53. The first kappa shape index (κ1) is 13.3. The van der Waals surface area contributed by atoms with Crippen molar-refractivity contribution in [1.29, 1.82) is 0 Å². The Morgan fingerprint density at radius 1 is 1.33 bits per heavy atom. The smallest absolute Gasteiger partial charge is 0.240 e. The summed E-state index contributed by atoms with van der Waals surface area (Å²) in [6.07, 6.45) is 2.47. The number of rotatable bonds is 2. The van der Waals surface area contributed by atoms with E-state index in [4.69, 9.17) is 0 Å². The van der Waals surface area contributed by atoms with Crippen LogP contribution in [0.3, 0.4) is 0 Å². The highest BCUT2D eigenvalue weighted by atomic mass is 16.2. The minimum Gasteiger partial charge on any atom is -0.343 e. The average molecular weight is 253 g/mol. The van der Waals surface area contributed by atoms with Crippen LogP contribution in [-0.4, -0.2) is 60.9 Å². The molecule has 2 aliphatic rings. The fourth-order valence-electron chi connectivity index (χ4n) is 2.59. The second kappa shape index (κ2) is 5.69. The van der Waals surface area contributed by atoms with Crippen LogP contribution in [0.15, 0.2) is 0 Å². The summed E-state index contributed by atoms with van der Waals surface area (Å²) in [4.78, 5) is 27.6. The van der Waals surface area contributed by atoms with Gasteiger partial charge in [-0.05, 0) is 18.8 Å². The Morgan fingerprint density at radius 3 is 2.67 bits per heavy atom. The first-order valence-electron chi connectivity index (χ1n) is 6.84. The number of nitrogens with one attached hydrogen (secondary N) is 1. The van der Waals surface area contributed by atoms with E-state index in [1.54, 1.807) is 11.9 Å². The molecule has 0 spiro atoms. The molecule has 5 nitrogen and oxygen atoms in total. The molecule has 2 heterocycles. The third-order valence-electron chi connectivity index (χ3n) is 4.03. The predicted octanol–water partition coefficient (Wildman–Crippen LogP) is 0.0652. The summed E-state index contributed by atoms with van der Waals surface area (Å²) in [6.45, 7) is 5.42. The highest BCUT2D eigenvalue weighted by Crippen LogP contribution is 2.17. The zero-order valence-electron chi connectivity index (χ0n) is 11.3. The Balaban J connectivity index is 1.85. The van der Waals surface area contributed by atoms with Crippen molar-refractivity contribution in [3.8, 4) is 0 Å². The average Bonchev–Trinajstić information content (AvgIpc) is 2.36. The zero-order valence-corrected chi connectivity index (χ0v) is 11.3. The van der Waals surface area contributed by atoms with Crippen LogP contribution in [-0.2, 0) is 9.59 Å². The van der Waals surface area contributed by atoms with Gasteiger partial charge >= 0.3 is 0 Å². The Bertz CT molecular complexity index is 324. The molecule has 0 radical (unpaired) electrons. The molecule has 102 valence electrons. The minimum atomic E-state index is -0.324. The van der Waals surface area contributed by atoms with Crippen molar-refractivity contribution in [1.82, 2.24) is 15.1 Å². The third kappa shape index (κ3) is 3.02. The van der Waals surface area contributed by atoms with Crippen LogP contribution in [0.1, 0.15) is 26.2 Å². The molecule has 0 saturated carbocycles. The molecule has 2 rings (SSSR count). The first-order valence-corrected chi connectivity index (χ1v) is 6.84. The quantitative estimate of drug-likeness (QED) is 0.757. The molecule has 5 heteroatoms. The standard InChI is InChI=1S/C13H23N3O2/c1-10-3-6-16(7-4-10)12(17)9-11-13(18)15(2)8-5-14-11/h10-11,14H,3-9H2,1-2H3. The SMILES string of the molecule is CC1CCN(C(=O)CC2NCCN(C)C2=O)CC1. The Hall–Kier alpha value is -1.10. The molecule has 1 unspecified atom stereocenters. The molecule has 0 aromatic heterocycles. The summed E-state index contributed by atoms with van der Waals surface area (Å²) < 4.78 is 0. The maximum Gasteiger partial charge on any atom is 0.240 e. The zero-order chi connectivity index (χ0) is 13.1. The van der Waals surface area contributed by atoms with Crippen molar-refractivity contribution >= 4 is 11.8 Å². The van der Waals surface area contributed by atoms with Gasteiger partial charge in [-0.25, -0.2) is 0 Å². The Kier molecular flexibility index (Phi) is 4.22. The molecule has 0 bridgehead atoms. The molecule has 1 N–H and O–H groups in total. The van der Waals surface area contributed by atoms with Crippen LogP contribution in [0.4, 0.5) is 0 Å². The number of hydrogen-bond acceptors (Lipinski definition) is 3. The summed E-state index contributed by atoms with van der Waals surface area (Å²) in [5.41, 5.74) is 0. The number of carbonyl (C=O) groups is 2. The summed E-state index contributed by atoms with van der Waals surface area (Å²) in [5.74, 6) is 0.873. The highest BCUT2D eigenvalue weighted by Gasteiger charge is 2.30.